The van der Waals surface area contributed by atoms with Gasteiger partial charge in [0, 0.05) is 18.3 Å². The summed E-state index contributed by atoms with van der Waals surface area (Å²) in [5.41, 5.74) is 1.98. The average Bonchev–Trinajstić information content (AvgIpc) is 3.11. The molecule has 2 aromatic carbocycles. The molecular weight excluding hydrogens is 357 g/mol. The van der Waals surface area contributed by atoms with Crippen LogP contribution in [0.1, 0.15) is 0 Å². The predicted molar refractivity (Wildman–Crippen MR) is 95.8 cm³/mol. The van der Waals surface area contributed by atoms with Gasteiger partial charge in [-0.2, -0.15) is 5.10 Å². The van der Waals surface area contributed by atoms with Gasteiger partial charge >= 0.3 is 0 Å². The number of nitrogens with one attached hydrogen (secondary N) is 1. The molecule has 0 radical (unpaired) electrons. The molecule has 6 nitrogen and oxygen atoms in total. The fourth-order valence-corrected chi connectivity index (χ4v) is 3.70. The Morgan fingerprint density at radius 1 is 1.15 bits per heavy atom. The Morgan fingerprint density at radius 2 is 1.92 bits per heavy atom. The summed E-state index contributed by atoms with van der Waals surface area (Å²) >= 11 is 0. The summed E-state index contributed by atoms with van der Waals surface area (Å²) in [6.45, 7) is 0.446. The Kier molecular flexibility index (Phi) is 5.34. The third-order valence-corrected chi connectivity index (χ3v) is 5.27. The lowest BCUT2D eigenvalue weighted by Crippen LogP contribution is -2.28. The molecule has 0 saturated carbocycles. The molecule has 0 amide bonds. The molecule has 0 atom stereocenters. The van der Waals surface area contributed by atoms with Gasteiger partial charge in [0.15, 0.2) is 0 Å². The van der Waals surface area contributed by atoms with Crippen molar-refractivity contribution in [3.63, 3.8) is 0 Å². The first-order chi connectivity index (χ1) is 12.5. The molecule has 26 heavy (non-hydrogen) atoms. The van der Waals surface area contributed by atoms with Crippen LogP contribution in [0.15, 0.2) is 65.8 Å². The van der Waals surface area contributed by atoms with Crippen molar-refractivity contribution >= 4 is 10.0 Å². The summed E-state index contributed by atoms with van der Waals surface area (Å²) in [6.07, 6.45) is 3.56. The van der Waals surface area contributed by atoms with Gasteiger partial charge in [0.05, 0.1) is 19.9 Å². The van der Waals surface area contributed by atoms with Crippen molar-refractivity contribution in [3.8, 4) is 16.9 Å². The van der Waals surface area contributed by atoms with E-state index in [4.69, 9.17) is 4.74 Å². The van der Waals surface area contributed by atoms with Crippen LogP contribution in [0.2, 0.25) is 0 Å². The summed E-state index contributed by atoms with van der Waals surface area (Å²) < 4.78 is 47.3. The normalized spacial score (nSPS) is 11.5. The lowest BCUT2D eigenvalue weighted by atomic mass is 10.1. The number of sulfonamides is 1. The van der Waals surface area contributed by atoms with Crippen LogP contribution in [-0.4, -0.2) is 31.9 Å². The molecule has 0 unspecified atom stereocenters. The number of hydrogen-bond donors (Lipinski definition) is 1. The van der Waals surface area contributed by atoms with Crippen molar-refractivity contribution in [3.05, 3.63) is 66.7 Å². The molecule has 0 aliphatic heterocycles. The maximum absolute atomic E-state index is 13.4. The van der Waals surface area contributed by atoms with Crippen molar-refractivity contribution < 1.29 is 17.5 Å². The fraction of sp³-hybridized carbons (Fsp3) is 0.167. The number of aromatic nitrogens is 2. The average molecular weight is 375 g/mol. The zero-order chi connectivity index (χ0) is 18.6. The second kappa shape index (κ2) is 7.67. The summed E-state index contributed by atoms with van der Waals surface area (Å²) in [7, 11) is -2.56. The summed E-state index contributed by atoms with van der Waals surface area (Å²) in [4.78, 5) is -0.231. The molecule has 136 valence electrons. The highest BCUT2D eigenvalue weighted by atomic mass is 32.2. The van der Waals surface area contributed by atoms with E-state index in [2.05, 4.69) is 9.82 Å². The Morgan fingerprint density at radius 3 is 2.65 bits per heavy atom. The van der Waals surface area contributed by atoms with Crippen LogP contribution in [0.25, 0.3) is 11.1 Å². The zero-order valence-electron chi connectivity index (χ0n) is 14.1. The van der Waals surface area contributed by atoms with E-state index in [0.717, 1.165) is 23.3 Å². The van der Waals surface area contributed by atoms with Gasteiger partial charge in [0.25, 0.3) is 0 Å². The van der Waals surface area contributed by atoms with Crippen molar-refractivity contribution in [2.45, 2.75) is 11.4 Å². The molecule has 0 fully saturated rings. The minimum absolute atomic E-state index is 0.0874. The van der Waals surface area contributed by atoms with Crippen LogP contribution < -0.4 is 9.46 Å². The van der Waals surface area contributed by atoms with Crippen LogP contribution in [-0.2, 0) is 16.6 Å². The summed E-state index contributed by atoms with van der Waals surface area (Å²) in [5, 5.41) is 4.23. The molecule has 0 saturated heterocycles. The number of benzene rings is 2. The summed E-state index contributed by atoms with van der Waals surface area (Å²) in [6, 6.07) is 13.1. The third-order valence-electron chi connectivity index (χ3n) is 3.79. The maximum atomic E-state index is 13.4. The van der Waals surface area contributed by atoms with E-state index in [0.29, 0.717) is 6.54 Å². The Bertz CT molecular complexity index is 988. The molecule has 8 heteroatoms. The Balaban J connectivity index is 1.66. The minimum atomic E-state index is -3.90. The molecule has 0 bridgehead atoms. The number of ether oxygens (including phenoxy) is 1. The summed E-state index contributed by atoms with van der Waals surface area (Å²) in [5.74, 6) is -0.560. The number of rotatable bonds is 7. The molecule has 1 aromatic heterocycles. The fourth-order valence-electron chi connectivity index (χ4n) is 2.50. The number of hydrogen-bond acceptors (Lipinski definition) is 4. The van der Waals surface area contributed by atoms with Crippen LogP contribution in [0.3, 0.4) is 0 Å². The van der Waals surface area contributed by atoms with Crippen molar-refractivity contribution in [1.29, 1.82) is 0 Å². The molecular formula is C18H18FN3O3S. The van der Waals surface area contributed by atoms with Gasteiger partial charge in [0.2, 0.25) is 10.0 Å². The van der Waals surface area contributed by atoms with E-state index in [1.54, 1.807) is 10.9 Å². The van der Waals surface area contributed by atoms with Crippen molar-refractivity contribution in [1.82, 2.24) is 14.5 Å². The number of nitrogens with zero attached hydrogens (tertiary/aromatic N) is 2. The van der Waals surface area contributed by atoms with E-state index in [1.807, 2.05) is 36.5 Å². The standard InChI is InChI=1S/C18H18FN3O3S/c1-25-17-8-7-16(19)11-18(17)26(23,24)21-9-10-22-13-15(12-20-22)14-5-3-2-4-6-14/h2-8,11-13,21H,9-10H2,1H3. The van der Waals surface area contributed by atoms with Crippen LogP contribution in [0, 0.1) is 5.82 Å². The van der Waals surface area contributed by atoms with Gasteiger partial charge in [0.1, 0.15) is 16.5 Å². The van der Waals surface area contributed by atoms with Crippen molar-refractivity contribution in [2.24, 2.45) is 0 Å². The van der Waals surface area contributed by atoms with Crippen LogP contribution >= 0.6 is 0 Å². The second-order valence-corrected chi connectivity index (χ2v) is 7.29. The monoisotopic (exact) mass is 375 g/mol. The highest BCUT2D eigenvalue weighted by Crippen LogP contribution is 2.24. The second-order valence-electron chi connectivity index (χ2n) is 5.55. The first kappa shape index (κ1) is 18.1. The van der Waals surface area contributed by atoms with E-state index < -0.39 is 15.8 Å². The predicted octanol–water partition coefficient (Wildman–Crippen LogP) is 2.68. The molecule has 0 aliphatic carbocycles. The molecule has 0 aliphatic rings. The number of methoxy groups -OCH3 is 1. The van der Waals surface area contributed by atoms with Crippen LogP contribution in [0.5, 0.6) is 5.75 Å². The van der Waals surface area contributed by atoms with Gasteiger partial charge < -0.3 is 4.74 Å². The Labute approximate surface area is 151 Å². The molecule has 0 spiro atoms. The smallest absolute Gasteiger partial charge is 0.244 e. The maximum Gasteiger partial charge on any atom is 0.244 e. The Hall–Kier alpha value is -2.71. The highest BCUT2D eigenvalue weighted by molar-refractivity contribution is 7.89. The van der Waals surface area contributed by atoms with E-state index in [9.17, 15) is 12.8 Å². The third kappa shape index (κ3) is 4.09. The van der Waals surface area contributed by atoms with Gasteiger partial charge in [-0.05, 0) is 23.8 Å². The topological polar surface area (TPSA) is 73.2 Å². The minimum Gasteiger partial charge on any atom is -0.495 e. The van der Waals surface area contributed by atoms with E-state index in [-0.39, 0.29) is 17.2 Å². The van der Waals surface area contributed by atoms with E-state index in [1.165, 1.54) is 13.2 Å². The SMILES string of the molecule is COc1ccc(F)cc1S(=O)(=O)NCCn1cc(-c2ccccc2)cn1. The molecule has 1 N–H and O–H groups in total. The van der Waals surface area contributed by atoms with Gasteiger partial charge in [-0.3, -0.25) is 4.68 Å². The molecule has 1 heterocycles. The lowest BCUT2D eigenvalue weighted by molar-refractivity contribution is 0.400. The van der Waals surface area contributed by atoms with E-state index >= 15 is 0 Å². The zero-order valence-corrected chi connectivity index (χ0v) is 14.9. The first-order valence-corrected chi connectivity index (χ1v) is 9.39. The van der Waals surface area contributed by atoms with Crippen molar-refractivity contribution in [2.75, 3.05) is 13.7 Å². The van der Waals surface area contributed by atoms with Gasteiger partial charge in [-0.1, -0.05) is 30.3 Å². The number of halogens is 1. The molecule has 3 aromatic rings. The quantitative estimate of drug-likeness (QED) is 0.689. The first-order valence-electron chi connectivity index (χ1n) is 7.91. The van der Waals surface area contributed by atoms with Crippen LogP contribution in [0.4, 0.5) is 4.39 Å². The largest absolute Gasteiger partial charge is 0.495 e. The van der Waals surface area contributed by atoms with Gasteiger partial charge in [-0.15, -0.1) is 0 Å². The molecule has 3 rings (SSSR count). The highest BCUT2D eigenvalue weighted by Gasteiger charge is 2.20. The van der Waals surface area contributed by atoms with Gasteiger partial charge in [-0.25, -0.2) is 17.5 Å². The lowest BCUT2D eigenvalue weighted by Gasteiger charge is -2.10.